The van der Waals surface area contributed by atoms with Crippen LogP contribution >= 0.6 is 23.7 Å². The van der Waals surface area contributed by atoms with Crippen molar-refractivity contribution in [2.45, 2.75) is 26.2 Å². The molecular formula is C14H23ClN2O2S. The molecular weight excluding hydrogens is 296 g/mol. The van der Waals surface area contributed by atoms with Crippen LogP contribution in [0, 0.1) is 12.8 Å². The van der Waals surface area contributed by atoms with Crippen LogP contribution in [0.15, 0.2) is 6.07 Å². The Balaban J connectivity index is 0.00000200. The Morgan fingerprint density at radius 2 is 2.40 bits per heavy atom. The lowest BCUT2D eigenvalue weighted by atomic mass is 9.96. The van der Waals surface area contributed by atoms with E-state index in [1.54, 1.807) is 7.11 Å². The van der Waals surface area contributed by atoms with Gasteiger partial charge in [-0.2, -0.15) is 0 Å². The summed E-state index contributed by atoms with van der Waals surface area (Å²) in [4.78, 5) is 13.9. The molecule has 0 saturated carbocycles. The molecule has 0 aromatic carbocycles. The predicted octanol–water partition coefficient (Wildman–Crippen LogP) is 2.61. The number of hydrogen-bond donors (Lipinski definition) is 2. The van der Waals surface area contributed by atoms with Crippen LogP contribution < -0.4 is 15.4 Å². The molecule has 114 valence electrons. The van der Waals surface area contributed by atoms with Gasteiger partial charge in [0.25, 0.3) is 5.91 Å². The van der Waals surface area contributed by atoms with Crippen molar-refractivity contribution in [3.8, 4) is 5.75 Å². The van der Waals surface area contributed by atoms with E-state index in [9.17, 15) is 4.79 Å². The average Bonchev–Trinajstić information content (AvgIpc) is 2.81. The Morgan fingerprint density at radius 3 is 3.05 bits per heavy atom. The van der Waals surface area contributed by atoms with Crippen LogP contribution in [-0.2, 0) is 0 Å². The molecule has 0 radical (unpaired) electrons. The van der Waals surface area contributed by atoms with Gasteiger partial charge in [-0.05, 0) is 51.3 Å². The molecule has 4 nitrogen and oxygen atoms in total. The standard InChI is InChI=1S/C14H22N2O2S.ClH/c1-10-8-12(18-2)13(19-10)14(17)16-7-5-11-4-3-6-15-9-11;/h8,11,15H,3-7,9H2,1-2H3,(H,16,17);1H. The van der Waals surface area contributed by atoms with Gasteiger partial charge in [-0.3, -0.25) is 4.79 Å². The molecule has 1 saturated heterocycles. The van der Waals surface area contributed by atoms with Crippen LogP contribution in [0.2, 0.25) is 0 Å². The molecule has 1 aliphatic heterocycles. The molecule has 1 fully saturated rings. The Kier molecular flexibility index (Phi) is 7.34. The molecule has 1 unspecified atom stereocenters. The molecule has 1 aromatic rings. The maximum atomic E-state index is 12.1. The molecule has 2 rings (SSSR count). The Morgan fingerprint density at radius 1 is 1.60 bits per heavy atom. The van der Waals surface area contributed by atoms with E-state index in [1.165, 1.54) is 24.2 Å². The van der Waals surface area contributed by atoms with Gasteiger partial charge in [0.2, 0.25) is 0 Å². The molecule has 20 heavy (non-hydrogen) atoms. The molecule has 1 amide bonds. The molecule has 1 aromatic heterocycles. The van der Waals surface area contributed by atoms with E-state index in [4.69, 9.17) is 4.74 Å². The number of ether oxygens (including phenoxy) is 1. The van der Waals surface area contributed by atoms with E-state index < -0.39 is 0 Å². The summed E-state index contributed by atoms with van der Waals surface area (Å²) in [5, 5.41) is 6.39. The third-order valence-corrected chi connectivity index (χ3v) is 4.51. The number of carbonyl (C=O) groups is 1. The highest BCUT2D eigenvalue weighted by atomic mass is 35.5. The smallest absolute Gasteiger partial charge is 0.265 e. The fourth-order valence-corrected chi connectivity index (χ4v) is 3.34. The first kappa shape index (κ1) is 17.3. The van der Waals surface area contributed by atoms with Crippen molar-refractivity contribution in [3.63, 3.8) is 0 Å². The van der Waals surface area contributed by atoms with Crippen LogP contribution in [0.3, 0.4) is 0 Å². The van der Waals surface area contributed by atoms with E-state index in [-0.39, 0.29) is 18.3 Å². The number of halogens is 1. The number of piperidine rings is 1. The number of aryl methyl sites for hydroxylation is 1. The molecule has 6 heteroatoms. The lowest BCUT2D eigenvalue weighted by molar-refractivity contribution is 0.0952. The molecule has 2 N–H and O–H groups in total. The first-order chi connectivity index (χ1) is 9.20. The van der Waals surface area contributed by atoms with Crippen molar-refractivity contribution in [3.05, 3.63) is 15.8 Å². The number of nitrogens with one attached hydrogen (secondary N) is 2. The van der Waals surface area contributed by atoms with Crippen LogP contribution in [0.5, 0.6) is 5.75 Å². The molecule has 0 bridgehead atoms. The lowest BCUT2D eigenvalue weighted by Gasteiger charge is -2.22. The van der Waals surface area contributed by atoms with Crippen molar-refractivity contribution < 1.29 is 9.53 Å². The second-order valence-corrected chi connectivity index (χ2v) is 6.27. The minimum absolute atomic E-state index is 0. The van der Waals surface area contributed by atoms with Crippen molar-refractivity contribution in [1.29, 1.82) is 0 Å². The zero-order valence-corrected chi connectivity index (χ0v) is 13.7. The summed E-state index contributed by atoms with van der Waals surface area (Å²) in [5.74, 6) is 1.36. The molecule has 2 heterocycles. The van der Waals surface area contributed by atoms with E-state index in [2.05, 4.69) is 10.6 Å². The van der Waals surface area contributed by atoms with Crippen LogP contribution in [0.1, 0.15) is 33.8 Å². The van der Waals surface area contributed by atoms with Gasteiger partial charge in [-0.25, -0.2) is 0 Å². The first-order valence-electron chi connectivity index (χ1n) is 6.84. The Hall–Kier alpha value is -0.780. The van der Waals surface area contributed by atoms with E-state index in [0.717, 1.165) is 30.9 Å². The van der Waals surface area contributed by atoms with Crippen molar-refractivity contribution in [1.82, 2.24) is 10.6 Å². The first-order valence-corrected chi connectivity index (χ1v) is 7.65. The van der Waals surface area contributed by atoms with Crippen molar-refractivity contribution in [2.24, 2.45) is 5.92 Å². The van der Waals surface area contributed by atoms with Gasteiger partial charge in [-0.15, -0.1) is 23.7 Å². The van der Waals surface area contributed by atoms with Gasteiger partial charge in [-0.1, -0.05) is 0 Å². The number of thiophene rings is 1. The van der Waals surface area contributed by atoms with Gasteiger partial charge >= 0.3 is 0 Å². The third kappa shape index (κ3) is 4.65. The maximum absolute atomic E-state index is 12.1. The quantitative estimate of drug-likeness (QED) is 0.877. The summed E-state index contributed by atoms with van der Waals surface area (Å²) in [5.41, 5.74) is 0. The lowest BCUT2D eigenvalue weighted by Crippen LogP contribution is -2.33. The van der Waals surface area contributed by atoms with E-state index >= 15 is 0 Å². The summed E-state index contributed by atoms with van der Waals surface area (Å²) in [6.45, 7) is 4.94. The second kappa shape index (κ2) is 8.49. The van der Waals surface area contributed by atoms with E-state index in [0.29, 0.717) is 16.5 Å². The van der Waals surface area contributed by atoms with Crippen LogP contribution in [0.25, 0.3) is 0 Å². The van der Waals surface area contributed by atoms with Gasteiger partial charge < -0.3 is 15.4 Å². The van der Waals surface area contributed by atoms with Crippen molar-refractivity contribution >= 4 is 29.7 Å². The van der Waals surface area contributed by atoms with Crippen LogP contribution in [0.4, 0.5) is 0 Å². The fraction of sp³-hybridized carbons (Fsp3) is 0.643. The summed E-state index contributed by atoms with van der Waals surface area (Å²) < 4.78 is 5.22. The molecule has 1 aliphatic rings. The summed E-state index contributed by atoms with van der Waals surface area (Å²) >= 11 is 1.48. The molecule has 0 spiro atoms. The van der Waals surface area contributed by atoms with Gasteiger partial charge in [0.05, 0.1) is 7.11 Å². The Labute approximate surface area is 130 Å². The monoisotopic (exact) mass is 318 g/mol. The summed E-state index contributed by atoms with van der Waals surface area (Å²) in [6.07, 6.45) is 3.56. The number of amides is 1. The van der Waals surface area contributed by atoms with Crippen LogP contribution in [-0.4, -0.2) is 32.7 Å². The highest BCUT2D eigenvalue weighted by molar-refractivity contribution is 7.14. The average molecular weight is 319 g/mol. The van der Waals surface area contributed by atoms with E-state index in [1.807, 2.05) is 13.0 Å². The summed E-state index contributed by atoms with van der Waals surface area (Å²) in [6, 6.07) is 1.91. The predicted molar refractivity (Wildman–Crippen MR) is 85.4 cm³/mol. The van der Waals surface area contributed by atoms with Gasteiger partial charge in [0.15, 0.2) is 0 Å². The Bertz CT molecular complexity index is 431. The van der Waals surface area contributed by atoms with Gasteiger partial charge in [0, 0.05) is 11.4 Å². The highest BCUT2D eigenvalue weighted by Crippen LogP contribution is 2.28. The third-order valence-electron chi connectivity index (χ3n) is 3.48. The molecule has 0 aliphatic carbocycles. The second-order valence-electron chi connectivity index (χ2n) is 5.01. The molecule has 1 atom stereocenters. The topological polar surface area (TPSA) is 50.4 Å². The minimum Gasteiger partial charge on any atom is -0.495 e. The number of rotatable bonds is 5. The number of carbonyl (C=O) groups excluding carboxylic acids is 1. The highest BCUT2D eigenvalue weighted by Gasteiger charge is 2.17. The van der Waals surface area contributed by atoms with Gasteiger partial charge in [0.1, 0.15) is 10.6 Å². The number of methoxy groups -OCH3 is 1. The fourth-order valence-electron chi connectivity index (χ4n) is 2.44. The zero-order chi connectivity index (χ0) is 13.7. The largest absolute Gasteiger partial charge is 0.495 e. The minimum atomic E-state index is -0.0151. The summed E-state index contributed by atoms with van der Waals surface area (Å²) in [7, 11) is 1.60. The van der Waals surface area contributed by atoms with Crippen molar-refractivity contribution in [2.75, 3.05) is 26.7 Å². The number of hydrogen-bond acceptors (Lipinski definition) is 4. The maximum Gasteiger partial charge on any atom is 0.265 e. The SMILES string of the molecule is COc1cc(C)sc1C(=O)NCCC1CCCNC1.Cl. The normalized spacial score (nSPS) is 18.2. The zero-order valence-electron chi connectivity index (χ0n) is 12.0.